The molecule has 2 aromatic carbocycles. The highest BCUT2D eigenvalue weighted by Gasteiger charge is 2.11. The van der Waals surface area contributed by atoms with E-state index in [-0.39, 0.29) is 0 Å². The lowest BCUT2D eigenvalue weighted by atomic mass is 10.1. The zero-order valence-electron chi connectivity index (χ0n) is 13.6. The molecule has 0 saturated heterocycles. The first-order valence-corrected chi connectivity index (χ1v) is 7.62. The quantitative estimate of drug-likeness (QED) is 0.775. The molecule has 0 bridgehead atoms. The molecule has 0 N–H and O–H groups in total. The van der Waals surface area contributed by atoms with Gasteiger partial charge in [-0.2, -0.15) is 0 Å². The fraction of sp³-hybridized carbons (Fsp3) is 0.368. The Morgan fingerprint density at radius 1 is 0.857 bits per heavy atom. The summed E-state index contributed by atoms with van der Waals surface area (Å²) >= 11 is 0. The summed E-state index contributed by atoms with van der Waals surface area (Å²) in [4.78, 5) is 4.68. The van der Waals surface area contributed by atoms with Crippen LogP contribution in [0.3, 0.4) is 0 Å². The van der Waals surface area contributed by atoms with Crippen molar-refractivity contribution >= 4 is 11.4 Å². The Kier molecular flexibility index (Phi) is 5.40. The number of benzene rings is 2. The predicted octanol–water partition coefficient (Wildman–Crippen LogP) is 4.39. The van der Waals surface area contributed by atoms with E-state index < -0.39 is 0 Å². The third kappa shape index (κ3) is 4.33. The van der Waals surface area contributed by atoms with Crippen molar-refractivity contribution < 1.29 is 0 Å². The molecule has 0 amide bonds. The van der Waals surface area contributed by atoms with Crippen LogP contribution in [0, 0.1) is 13.8 Å². The van der Waals surface area contributed by atoms with Gasteiger partial charge in [-0.1, -0.05) is 30.3 Å². The van der Waals surface area contributed by atoms with Gasteiger partial charge >= 0.3 is 0 Å². The second-order valence-corrected chi connectivity index (χ2v) is 5.93. The summed E-state index contributed by atoms with van der Waals surface area (Å²) in [6, 6.07) is 17.4. The van der Waals surface area contributed by atoms with Crippen molar-refractivity contribution in [3.63, 3.8) is 0 Å². The molecule has 0 unspecified atom stereocenters. The van der Waals surface area contributed by atoms with Gasteiger partial charge in [0.1, 0.15) is 0 Å². The van der Waals surface area contributed by atoms with Crippen molar-refractivity contribution in [3.05, 3.63) is 59.7 Å². The fourth-order valence-electron chi connectivity index (χ4n) is 2.60. The predicted molar refractivity (Wildman–Crippen MR) is 92.5 cm³/mol. The van der Waals surface area contributed by atoms with E-state index in [0.717, 1.165) is 19.5 Å². The van der Waals surface area contributed by atoms with Crippen molar-refractivity contribution in [1.82, 2.24) is 4.90 Å². The number of rotatable bonds is 6. The first kappa shape index (κ1) is 15.6. The topological polar surface area (TPSA) is 6.48 Å². The molecule has 0 spiro atoms. The van der Waals surface area contributed by atoms with Crippen LogP contribution in [0.1, 0.15) is 17.5 Å². The van der Waals surface area contributed by atoms with Gasteiger partial charge in [-0.15, -0.1) is 0 Å². The lowest BCUT2D eigenvalue weighted by molar-refractivity contribution is 0.402. The van der Waals surface area contributed by atoms with Crippen molar-refractivity contribution in [2.45, 2.75) is 20.3 Å². The van der Waals surface area contributed by atoms with Gasteiger partial charge in [0, 0.05) is 17.9 Å². The van der Waals surface area contributed by atoms with Crippen LogP contribution in [-0.4, -0.2) is 32.1 Å². The molecule has 0 aliphatic rings. The Morgan fingerprint density at radius 2 is 1.62 bits per heavy atom. The second kappa shape index (κ2) is 7.28. The number of aryl methyl sites for hydroxylation is 2. The summed E-state index contributed by atoms with van der Waals surface area (Å²) in [6.07, 6.45) is 1.15. The van der Waals surface area contributed by atoms with Gasteiger partial charge in [0.2, 0.25) is 0 Å². The van der Waals surface area contributed by atoms with Gasteiger partial charge in [0.15, 0.2) is 0 Å². The average Bonchev–Trinajstić information content (AvgIpc) is 2.44. The van der Waals surface area contributed by atoms with Gasteiger partial charge < -0.3 is 9.80 Å². The molecule has 0 aliphatic carbocycles. The highest BCUT2D eigenvalue weighted by molar-refractivity contribution is 5.66. The summed E-state index contributed by atoms with van der Waals surface area (Å²) in [5.41, 5.74) is 5.22. The van der Waals surface area contributed by atoms with Crippen LogP contribution < -0.4 is 4.90 Å². The Balaban J connectivity index is 2.28. The molecular weight excluding hydrogens is 256 g/mol. The molecule has 0 saturated carbocycles. The molecular formula is C19H26N2. The number of para-hydroxylation sites is 1. The molecule has 2 heteroatoms. The molecule has 0 aromatic heterocycles. The van der Waals surface area contributed by atoms with Crippen molar-refractivity contribution in [2.24, 2.45) is 0 Å². The van der Waals surface area contributed by atoms with Crippen molar-refractivity contribution in [3.8, 4) is 0 Å². The van der Waals surface area contributed by atoms with Crippen LogP contribution in [0.25, 0.3) is 0 Å². The van der Waals surface area contributed by atoms with Crippen LogP contribution >= 0.6 is 0 Å². The molecule has 0 radical (unpaired) electrons. The molecule has 0 fully saturated rings. The Hall–Kier alpha value is -1.80. The standard InChI is InChI=1S/C19H26N2/c1-16-9-7-11-18(15-16)21(14-8-13-20(3)4)19-12-6-5-10-17(19)2/h5-7,9-12,15H,8,13-14H2,1-4H3. The van der Waals surface area contributed by atoms with Crippen molar-refractivity contribution in [1.29, 1.82) is 0 Å². The Labute approximate surface area is 129 Å². The third-order valence-corrected chi connectivity index (χ3v) is 3.71. The Morgan fingerprint density at radius 3 is 2.29 bits per heavy atom. The normalized spacial score (nSPS) is 10.9. The highest BCUT2D eigenvalue weighted by Crippen LogP contribution is 2.28. The number of anilines is 2. The van der Waals surface area contributed by atoms with Crippen molar-refractivity contribution in [2.75, 3.05) is 32.1 Å². The van der Waals surface area contributed by atoms with Gasteiger partial charge in [0.25, 0.3) is 0 Å². The second-order valence-electron chi connectivity index (χ2n) is 5.93. The first-order chi connectivity index (χ1) is 10.1. The smallest absolute Gasteiger partial charge is 0.0440 e. The number of hydrogen-bond acceptors (Lipinski definition) is 2. The van der Waals surface area contributed by atoms with Gasteiger partial charge in [-0.05, 0) is 70.2 Å². The summed E-state index contributed by atoms with van der Waals surface area (Å²) in [6.45, 7) is 6.48. The maximum Gasteiger partial charge on any atom is 0.0440 e. The van der Waals surface area contributed by atoms with E-state index in [1.165, 1.54) is 22.5 Å². The first-order valence-electron chi connectivity index (χ1n) is 7.62. The summed E-state index contributed by atoms with van der Waals surface area (Å²) in [5.74, 6) is 0. The molecule has 0 heterocycles. The van der Waals surface area contributed by atoms with E-state index in [9.17, 15) is 0 Å². The van der Waals surface area contributed by atoms with Gasteiger partial charge in [-0.3, -0.25) is 0 Å². The van der Waals surface area contributed by atoms with E-state index in [2.05, 4.69) is 86.3 Å². The molecule has 2 aromatic rings. The largest absolute Gasteiger partial charge is 0.341 e. The summed E-state index contributed by atoms with van der Waals surface area (Å²) < 4.78 is 0. The fourth-order valence-corrected chi connectivity index (χ4v) is 2.60. The lowest BCUT2D eigenvalue weighted by Crippen LogP contribution is -2.23. The maximum atomic E-state index is 2.44. The SMILES string of the molecule is Cc1cccc(N(CCCN(C)C)c2ccccc2C)c1. The van der Waals surface area contributed by atoms with E-state index >= 15 is 0 Å². The number of nitrogens with zero attached hydrogens (tertiary/aromatic N) is 2. The van der Waals surface area contributed by atoms with Crippen LogP contribution in [0.2, 0.25) is 0 Å². The van der Waals surface area contributed by atoms with Gasteiger partial charge in [0.05, 0.1) is 0 Å². The molecule has 2 rings (SSSR count). The van der Waals surface area contributed by atoms with E-state index in [1.54, 1.807) is 0 Å². The highest BCUT2D eigenvalue weighted by atomic mass is 15.1. The zero-order valence-corrected chi connectivity index (χ0v) is 13.6. The minimum atomic E-state index is 1.03. The zero-order chi connectivity index (χ0) is 15.2. The third-order valence-electron chi connectivity index (χ3n) is 3.71. The van der Waals surface area contributed by atoms with E-state index in [0.29, 0.717) is 0 Å². The minimum Gasteiger partial charge on any atom is -0.341 e. The van der Waals surface area contributed by atoms with Crippen LogP contribution in [0.4, 0.5) is 11.4 Å². The molecule has 112 valence electrons. The summed E-state index contributed by atoms with van der Waals surface area (Å²) in [7, 11) is 4.26. The van der Waals surface area contributed by atoms with E-state index in [4.69, 9.17) is 0 Å². The monoisotopic (exact) mass is 282 g/mol. The molecule has 2 nitrogen and oxygen atoms in total. The van der Waals surface area contributed by atoms with Crippen LogP contribution in [0.5, 0.6) is 0 Å². The molecule has 21 heavy (non-hydrogen) atoms. The number of hydrogen-bond donors (Lipinski definition) is 0. The lowest BCUT2D eigenvalue weighted by Gasteiger charge is -2.27. The van der Waals surface area contributed by atoms with Gasteiger partial charge in [-0.25, -0.2) is 0 Å². The average molecular weight is 282 g/mol. The maximum absolute atomic E-state index is 2.44. The minimum absolute atomic E-state index is 1.03. The Bertz CT molecular complexity index is 575. The van der Waals surface area contributed by atoms with E-state index in [1.807, 2.05) is 0 Å². The molecule has 0 aliphatic heterocycles. The van der Waals surface area contributed by atoms with Crippen LogP contribution in [0.15, 0.2) is 48.5 Å². The van der Waals surface area contributed by atoms with Crippen LogP contribution in [-0.2, 0) is 0 Å². The molecule has 0 atom stereocenters. The summed E-state index contributed by atoms with van der Waals surface area (Å²) in [5, 5.41) is 0.